The second kappa shape index (κ2) is 10.2. The van der Waals surface area contributed by atoms with Gasteiger partial charge in [0.05, 0.1) is 0 Å². The molecule has 1 amide bonds. The maximum atomic E-state index is 15.0. The third kappa shape index (κ3) is 5.52. The van der Waals surface area contributed by atoms with Crippen molar-refractivity contribution >= 4 is 17.3 Å². The van der Waals surface area contributed by atoms with Crippen LogP contribution in [0, 0.1) is 23.3 Å². The van der Waals surface area contributed by atoms with Gasteiger partial charge in [-0.05, 0) is 37.1 Å². The van der Waals surface area contributed by atoms with Crippen molar-refractivity contribution < 1.29 is 31.1 Å². The Morgan fingerprint density at radius 2 is 1.79 bits per heavy atom. The molecule has 3 rings (SSSR count). The van der Waals surface area contributed by atoms with Crippen LogP contribution in [0.4, 0.5) is 32.0 Å². The van der Waals surface area contributed by atoms with E-state index in [4.69, 9.17) is 0 Å². The highest BCUT2D eigenvalue weighted by molar-refractivity contribution is 6.04. The summed E-state index contributed by atoms with van der Waals surface area (Å²) >= 11 is 0. The number of hydrogen-bond donors (Lipinski definition) is 1. The monoisotopic (exact) mass is 480 g/mol. The molecule has 34 heavy (non-hydrogen) atoms. The van der Waals surface area contributed by atoms with Gasteiger partial charge in [-0.3, -0.25) is 4.79 Å². The summed E-state index contributed by atoms with van der Waals surface area (Å²) < 4.78 is 85.0. The zero-order valence-electron chi connectivity index (χ0n) is 18.3. The normalized spacial score (nSPS) is 14.6. The fraction of sp³-hybridized carbons (Fsp3) is 0.240. The molecular weight excluding hydrogens is 458 g/mol. The summed E-state index contributed by atoms with van der Waals surface area (Å²) in [6.45, 7) is 3.85. The van der Waals surface area contributed by atoms with Crippen molar-refractivity contribution in [3.05, 3.63) is 95.1 Å². The van der Waals surface area contributed by atoms with Gasteiger partial charge in [0.1, 0.15) is 28.8 Å². The van der Waals surface area contributed by atoms with Crippen molar-refractivity contribution in [1.82, 2.24) is 4.90 Å². The molecule has 1 heterocycles. The molecule has 0 aromatic heterocycles. The molecule has 0 unspecified atom stereocenters. The highest BCUT2D eigenvalue weighted by atomic mass is 19.3. The lowest BCUT2D eigenvalue weighted by atomic mass is 9.98. The molecular formula is C25H22F6N2O. The van der Waals surface area contributed by atoms with Crippen LogP contribution in [0.2, 0.25) is 0 Å². The number of alkyl halides is 2. The smallest absolute Gasteiger partial charge is 0.276 e. The quantitative estimate of drug-likeness (QED) is 0.369. The first-order valence-electron chi connectivity index (χ1n) is 10.4. The number of carbonyl (C=O) groups excluding carboxylic acids is 1. The summed E-state index contributed by atoms with van der Waals surface area (Å²) in [6, 6.07) is 4.16. The Kier molecular flexibility index (Phi) is 7.54. The highest BCUT2D eigenvalue weighted by Gasteiger charge is 2.32. The van der Waals surface area contributed by atoms with Gasteiger partial charge in [0.25, 0.3) is 11.8 Å². The molecule has 2 aromatic carbocycles. The van der Waals surface area contributed by atoms with Gasteiger partial charge in [0, 0.05) is 54.7 Å². The highest BCUT2D eigenvalue weighted by Crippen LogP contribution is 2.35. The van der Waals surface area contributed by atoms with Crippen molar-refractivity contribution in [1.29, 1.82) is 0 Å². The van der Waals surface area contributed by atoms with E-state index in [0.29, 0.717) is 31.5 Å². The molecule has 0 saturated heterocycles. The first-order valence-corrected chi connectivity index (χ1v) is 10.4. The first kappa shape index (κ1) is 25.1. The zero-order chi connectivity index (χ0) is 25.0. The van der Waals surface area contributed by atoms with E-state index < -0.39 is 47.1 Å². The fourth-order valence-electron chi connectivity index (χ4n) is 3.61. The Hall–Kier alpha value is -3.49. The van der Waals surface area contributed by atoms with Crippen LogP contribution in [0.15, 0.2) is 60.7 Å². The topological polar surface area (TPSA) is 32.3 Å². The minimum atomic E-state index is -3.18. The third-order valence-electron chi connectivity index (χ3n) is 5.33. The zero-order valence-corrected chi connectivity index (χ0v) is 18.3. The van der Waals surface area contributed by atoms with Crippen LogP contribution in [-0.2, 0) is 0 Å². The number of allylic oxidation sites excluding steroid dienone is 4. The second-order valence-electron chi connectivity index (χ2n) is 7.84. The lowest BCUT2D eigenvalue weighted by molar-refractivity contribution is 0.0486. The van der Waals surface area contributed by atoms with Gasteiger partial charge in [-0.15, -0.1) is 6.58 Å². The van der Waals surface area contributed by atoms with Crippen LogP contribution < -0.4 is 5.32 Å². The Morgan fingerprint density at radius 1 is 1.12 bits per heavy atom. The van der Waals surface area contributed by atoms with Crippen molar-refractivity contribution in [2.24, 2.45) is 0 Å². The molecule has 1 aliphatic heterocycles. The number of halogens is 6. The SMILES string of the molecule is C=CCC(F)(F)C1=CCCCN(C)C(c2ccc(NC(=O)c3c(F)cc(F)cc3F)cc2F)=C1. The van der Waals surface area contributed by atoms with Gasteiger partial charge >= 0.3 is 0 Å². The lowest BCUT2D eigenvalue weighted by Crippen LogP contribution is -2.24. The van der Waals surface area contributed by atoms with Gasteiger partial charge in [-0.1, -0.05) is 12.2 Å². The summed E-state index contributed by atoms with van der Waals surface area (Å²) in [5.41, 5.74) is -1.20. The van der Waals surface area contributed by atoms with Crippen LogP contribution in [0.5, 0.6) is 0 Å². The third-order valence-corrected chi connectivity index (χ3v) is 5.33. The maximum Gasteiger partial charge on any atom is 0.276 e. The van der Waals surface area contributed by atoms with E-state index in [9.17, 15) is 26.7 Å². The Bertz CT molecular complexity index is 1150. The predicted molar refractivity (Wildman–Crippen MR) is 118 cm³/mol. The Balaban J connectivity index is 1.94. The van der Waals surface area contributed by atoms with Crippen molar-refractivity contribution in [2.75, 3.05) is 18.9 Å². The van der Waals surface area contributed by atoms with E-state index in [2.05, 4.69) is 11.9 Å². The van der Waals surface area contributed by atoms with Crippen LogP contribution in [-0.4, -0.2) is 30.3 Å². The average molecular weight is 480 g/mol. The van der Waals surface area contributed by atoms with Crippen LogP contribution in [0.25, 0.3) is 5.70 Å². The standard InChI is InChI=1S/C25H22F6N2O/c1-3-9-25(30,31)15-6-4-5-10-33(2)22(11-15)18-8-7-17(14-19(18)27)32-24(34)23-20(28)12-16(26)13-21(23)29/h3,6-8,11-14H,1,4-5,9-10H2,2H3,(H,32,34). The average Bonchev–Trinajstić information content (AvgIpc) is 2.71. The number of nitrogens with zero attached hydrogens (tertiary/aromatic N) is 1. The molecule has 1 N–H and O–H groups in total. The lowest BCUT2D eigenvalue weighted by Gasteiger charge is -2.27. The molecule has 0 saturated carbocycles. The number of nitrogens with one attached hydrogen (secondary N) is 1. The van der Waals surface area contributed by atoms with E-state index in [0.717, 1.165) is 12.1 Å². The molecule has 3 nitrogen and oxygen atoms in total. The largest absolute Gasteiger partial charge is 0.374 e. The van der Waals surface area contributed by atoms with Crippen molar-refractivity contribution in [2.45, 2.75) is 25.2 Å². The molecule has 0 spiro atoms. The van der Waals surface area contributed by atoms with Crippen molar-refractivity contribution in [3.8, 4) is 0 Å². The Morgan fingerprint density at radius 3 is 2.41 bits per heavy atom. The number of benzene rings is 2. The first-order chi connectivity index (χ1) is 16.0. The molecule has 0 radical (unpaired) electrons. The molecule has 0 bridgehead atoms. The summed E-state index contributed by atoms with van der Waals surface area (Å²) in [7, 11) is 1.65. The second-order valence-corrected chi connectivity index (χ2v) is 7.84. The maximum absolute atomic E-state index is 15.0. The Labute approximate surface area is 193 Å². The minimum absolute atomic E-state index is 0.00171. The summed E-state index contributed by atoms with van der Waals surface area (Å²) in [5.74, 6) is -9.27. The van der Waals surface area contributed by atoms with Crippen LogP contribution in [0.3, 0.4) is 0 Å². The molecule has 0 atom stereocenters. The minimum Gasteiger partial charge on any atom is -0.374 e. The van der Waals surface area contributed by atoms with E-state index in [1.54, 1.807) is 11.9 Å². The van der Waals surface area contributed by atoms with Gasteiger partial charge < -0.3 is 10.2 Å². The predicted octanol–water partition coefficient (Wildman–Crippen LogP) is 6.70. The number of hydrogen-bond acceptors (Lipinski definition) is 2. The molecule has 1 aliphatic rings. The van der Waals surface area contributed by atoms with Crippen molar-refractivity contribution in [3.63, 3.8) is 0 Å². The molecule has 0 aliphatic carbocycles. The fourth-order valence-corrected chi connectivity index (χ4v) is 3.61. The van der Waals surface area contributed by atoms with Gasteiger partial charge in [0.2, 0.25) is 0 Å². The molecule has 0 fully saturated rings. The molecule has 9 heteroatoms. The van der Waals surface area contributed by atoms with Gasteiger partial charge in [-0.25, -0.2) is 26.3 Å². The summed E-state index contributed by atoms with van der Waals surface area (Å²) in [5, 5.41) is 2.16. The summed E-state index contributed by atoms with van der Waals surface area (Å²) in [4.78, 5) is 13.9. The number of anilines is 1. The number of amides is 1. The molecule has 180 valence electrons. The summed E-state index contributed by atoms with van der Waals surface area (Å²) in [6.07, 6.45) is 4.20. The van der Waals surface area contributed by atoms with E-state index in [1.807, 2.05) is 0 Å². The number of carbonyl (C=O) groups is 1. The van der Waals surface area contributed by atoms with E-state index in [-0.39, 0.29) is 22.5 Å². The van der Waals surface area contributed by atoms with Gasteiger partial charge in [0.15, 0.2) is 0 Å². The van der Waals surface area contributed by atoms with E-state index >= 15 is 4.39 Å². The van der Waals surface area contributed by atoms with Crippen LogP contribution in [0.1, 0.15) is 35.2 Å². The molecule has 2 aromatic rings. The van der Waals surface area contributed by atoms with E-state index in [1.165, 1.54) is 24.3 Å². The van der Waals surface area contributed by atoms with Crippen LogP contribution >= 0.6 is 0 Å². The number of rotatable bonds is 6. The van der Waals surface area contributed by atoms with Gasteiger partial charge in [-0.2, -0.15) is 0 Å².